The molecule has 4 rings (SSSR count). The van der Waals surface area contributed by atoms with Crippen molar-refractivity contribution >= 4 is 17.5 Å². The van der Waals surface area contributed by atoms with Gasteiger partial charge in [0.2, 0.25) is 5.88 Å². The minimum atomic E-state index is -0.428. The van der Waals surface area contributed by atoms with Crippen molar-refractivity contribution < 1.29 is 14.1 Å². The Balaban J connectivity index is 1.74. The number of amides is 1. The Kier molecular flexibility index (Phi) is 4.97. The number of aromatic nitrogens is 3. The van der Waals surface area contributed by atoms with E-state index in [1.165, 1.54) is 0 Å². The lowest BCUT2D eigenvalue weighted by atomic mass is 10.0. The average molecular weight is 403 g/mol. The van der Waals surface area contributed by atoms with Crippen LogP contribution >= 0.6 is 0 Å². The molecule has 4 aromatic rings. The molecule has 0 saturated heterocycles. The highest BCUT2D eigenvalue weighted by atomic mass is 16.5. The van der Waals surface area contributed by atoms with Gasteiger partial charge in [0.15, 0.2) is 0 Å². The molecule has 8 heteroatoms. The number of anilines is 2. The monoisotopic (exact) mass is 403 g/mol. The van der Waals surface area contributed by atoms with Crippen LogP contribution in [0.5, 0.6) is 5.75 Å². The second kappa shape index (κ2) is 7.75. The summed E-state index contributed by atoms with van der Waals surface area (Å²) >= 11 is 0. The molecule has 8 nitrogen and oxygen atoms in total. The molecule has 30 heavy (non-hydrogen) atoms. The molecule has 0 aliphatic heterocycles. The Morgan fingerprint density at radius 2 is 1.90 bits per heavy atom. The fourth-order valence-corrected chi connectivity index (χ4v) is 3.39. The normalized spacial score (nSPS) is 10.8. The maximum Gasteiger partial charge on any atom is 0.263 e. The number of ether oxygens (including phenoxy) is 1. The van der Waals surface area contributed by atoms with Crippen molar-refractivity contribution in [2.45, 2.75) is 13.8 Å². The first kappa shape index (κ1) is 19.3. The van der Waals surface area contributed by atoms with Crippen LogP contribution in [0, 0.1) is 13.8 Å². The van der Waals surface area contributed by atoms with E-state index in [1.54, 1.807) is 36.1 Å². The molecule has 0 radical (unpaired) electrons. The number of nitrogens with one attached hydrogen (secondary N) is 1. The summed E-state index contributed by atoms with van der Waals surface area (Å²) in [7, 11) is 1.56. The van der Waals surface area contributed by atoms with Crippen LogP contribution in [0.1, 0.15) is 21.7 Å². The van der Waals surface area contributed by atoms with Gasteiger partial charge in [-0.3, -0.25) is 4.79 Å². The van der Waals surface area contributed by atoms with Crippen molar-refractivity contribution in [1.29, 1.82) is 0 Å². The number of para-hydroxylation sites is 1. The number of carbonyl (C=O) groups excluding carboxylic acids is 1. The molecule has 0 aliphatic carbocycles. The summed E-state index contributed by atoms with van der Waals surface area (Å²) in [5.41, 5.74) is 10.2. The summed E-state index contributed by atoms with van der Waals surface area (Å²) in [4.78, 5) is 13.0. The summed E-state index contributed by atoms with van der Waals surface area (Å²) in [6, 6.07) is 16.8. The molecule has 2 aromatic heterocycles. The first-order chi connectivity index (χ1) is 14.5. The van der Waals surface area contributed by atoms with Crippen LogP contribution in [-0.4, -0.2) is 28.0 Å². The molecule has 0 bridgehead atoms. The van der Waals surface area contributed by atoms with Gasteiger partial charge in [-0.2, -0.15) is 5.10 Å². The van der Waals surface area contributed by atoms with E-state index in [0.717, 1.165) is 11.4 Å². The van der Waals surface area contributed by atoms with E-state index >= 15 is 0 Å². The smallest absolute Gasteiger partial charge is 0.263 e. The summed E-state index contributed by atoms with van der Waals surface area (Å²) in [5.74, 6) is 0.141. The Labute approximate surface area is 173 Å². The first-order valence-electron chi connectivity index (χ1n) is 9.32. The van der Waals surface area contributed by atoms with Crippen molar-refractivity contribution in [3.63, 3.8) is 0 Å². The van der Waals surface area contributed by atoms with Crippen molar-refractivity contribution in [1.82, 2.24) is 14.9 Å². The first-order valence-corrected chi connectivity index (χ1v) is 9.32. The fraction of sp³-hybridized carbons (Fsp3) is 0.136. The zero-order valence-corrected chi connectivity index (χ0v) is 16.8. The molecule has 2 heterocycles. The second-order valence-corrected chi connectivity index (χ2v) is 6.75. The van der Waals surface area contributed by atoms with E-state index in [-0.39, 0.29) is 11.4 Å². The SMILES string of the molecule is COc1cccc(NC(=O)c2c(-c3c(C)nn(-c4ccccc4)c3C)noc2N)c1. The van der Waals surface area contributed by atoms with Crippen LogP contribution in [0.3, 0.4) is 0 Å². The maximum absolute atomic E-state index is 13.0. The third-order valence-electron chi connectivity index (χ3n) is 4.80. The number of carbonyl (C=O) groups is 1. The highest BCUT2D eigenvalue weighted by Gasteiger charge is 2.27. The highest BCUT2D eigenvalue weighted by molar-refractivity contribution is 6.11. The molecule has 0 unspecified atom stereocenters. The molecule has 0 atom stereocenters. The van der Waals surface area contributed by atoms with Crippen molar-refractivity contribution in [2.24, 2.45) is 0 Å². The lowest BCUT2D eigenvalue weighted by molar-refractivity contribution is 0.102. The zero-order chi connectivity index (χ0) is 21.3. The largest absolute Gasteiger partial charge is 0.497 e. The number of rotatable bonds is 5. The molecule has 152 valence electrons. The predicted octanol–water partition coefficient (Wildman–Crippen LogP) is 3.99. The molecular weight excluding hydrogens is 382 g/mol. The molecule has 0 fully saturated rings. The van der Waals surface area contributed by atoms with Gasteiger partial charge in [-0.15, -0.1) is 0 Å². The second-order valence-electron chi connectivity index (χ2n) is 6.75. The Morgan fingerprint density at radius 1 is 1.13 bits per heavy atom. The number of aryl methyl sites for hydroxylation is 1. The van der Waals surface area contributed by atoms with Gasteiger partial charge in [0.1, 0.15) is 17.0 Å². The van der Waals surface area contributed by atoms with Crippen molar-refractivity contribution in [2.75, 3.05) is 18.2 Å². The van der Waals surface area contributed by atoms with Crippen LogP contribution in [0.25, 0.3) is 16.9 Å². The summed E-state index contributed by atoms with van der Waals surface area (Å²) in [6.45, 7) is 3.77. The van der Waals surface area contributed by atoms with E-state index in [1.807, 2.05) is 44.2 Å². The lowest BCUT2D eigenvalue weighted by Crippen LogP contribution is -2.14. The molecule has 0 spiro atoms. The fourth-order valence-electron chi connectivity index (χ4n) is 3.39. The Morgan fingerprint density at radius 3 is 2.63 bits per heavy atom. The summed E-state index contributed by atoms with van der Waals surface area (Å²) in [5, 5.41) is 11.5. The van der Waals surface area contributed by atoms with Crippen LogP contribution < -0.4 is 15.8 Å². The number of methoxy groups -OCH3 is 1. The minimum Gasteiger partial charge on any atom is -0.497 e. The molecular formula is C22H21N5O3. The van der Waals surface area contributed by atoms with E-state index in [4.69, 9.17) is 15.0 Å². The van der Waals surface area contributed by atoms with Gasteiger partial charge >= 0.3 is 0 Å². The highest BCUT2D eigenvalue weighted by Crippen LogP contribution is 2.33. The number of hydrogen-bond donors (Lipinski definition) is 2. The maximum atomic E-state index is 13.0. The van der Waals surface area contributed by atoms with Crippen LogP contribution in [0.4, 0.5) is 11.6 Å². The zero-order valence-electron chi connectivity index (χ0n) is 16.8. The van der Waals surface area contributed by atoms with Gasteiger partial charge in [0.25, 0.3) is 5.91 Å². The number of benzene rings is 2. The third-order valence-corrected chi connectivity index (χ3v) is 4.80. The summed E-state index contributed by atoms with van der Waals surface area (Å²) in [6.07, 6.45) is 0. The van der Waals surface area contributed by atoms with E-state index < -0.39 is 5.91 Å². The third kappa shape index (κ3) is 3.39. The van der Waals surface area contributed by atoms with Crippen LogP contribution in [0.15, 0.2) is 59.1 Å². The molecule has 0 saturated carbocycles. The number of nitrogen functional groups attached to an aromatic ring is 1. The molecule has 1 amide bonds. The topological polar surface area (TPSA) is 108 Å². The van der Waals surface area contributed by atoms with E-state index in [9.17, 15) is 4.79 Å². The molecule has 3 N–H and O–H groups in total. The van der Waals surface area contributed by atoms with Crippen LogP contribution in [0.2, 0.25) is 0 Å². The molecule has 0 aliphatic rings. The Hall–Kier alpha value is -4.07. The average Bonchev–Trinajstić information content (AvgIpc) is 3.27. The lowest BCUT2D eigenvalue weighted by Gasteiger charge is -2.08. The van der Waals surface area contributed by atoms with Gasteiger partial charge in [0.05, 0.1) is 24.2 Å². The van der Waals surface area contributed by atoms with Crippen molar-refractivity contribution in [3.8, 4) is 22.7 Å². The standard InChI is InChI=1S/C22H21N5O3/c1-13-18(14(2)27(25-13)16-9-5-4-6-10-16)20-19(21(23)30-26-20)22(28)24-15-8-7-11-17(12-15)29-3/h4-12H,23H2,1-3H3,(H,24,28). The number of hydrogen-bond acceptors (Lipinski definition) is 6. The Bertz CT molecular complexity index is 1210. The summed E-state index contributed by atoms with van der Waals surface area (Å²) < 4.78 is 12.2. The van der Waals surface area contributed by atoms with Gasteiger partial charge in [0, 0.05) is 17.3 Å². The van der Waals surface area contributed by atoms with Crippen LogP contribution in [-0.2, 0) is 0 Å². The quantitative estimate of drug-likeness (QED) is 0.522. The van der Waals surface area contributed by atoms with E-state index in [0.29, 0.717) is 28.4 Å². The number of nitrogens with zero attached hydrogens (tertiary/aromatic N) is 3. The van der Waals surface area contributed by atoms with Gasteiger partial charge < -0.3 is 20.3 Å². The van der Waals surface area contributed by atoms with Gasteiger partial charge in [-0.05, 0) is 38.1 Å². The van der Waals surface area contributed by atoms with Gasteiger partial charge in [-0.1, -0.05) is 29.4 Å². The molecule has 2 aromatic carbocycles. The van der Waals surface area contributed by atoms with Crippen molar-refractivity contribution in [3.05, 3.63) is 71.5 Å². The van der Waals surface area contributed by atoms with E-state index in [2.05, 4.69) is 15.6 Å². The number of nitrogens with two attached hydrogens (primary N) is 1. The van der Waals surface area contributed by atoms with Gasteiger partial charge in [-0.25, -0.2) is 4.68 Å². The predicted molar refractivity (Wildman–Crippen MR) is 114 cm³/mol. The minimum absolute atomic E-state index is 0.0587.